The highest BCUT2D eigenvalue weighted by Gasteiger charge is 2.34. The highest BCUT2D eigenvalue weighted by molar-refractivity contribution is 7.99. The van der Waals surface area contributed by atoms with E-state index in [9.17, 15) is 9.59 Å². The third-order valence-corrected chi connectivity index (χ3v) is 3.43. The molecule has 1 saturated heterocycles. The van der Waals surface area contributed by atoms with Crippen molar-refractivity contribution in [1.82, 2.24) is 0 Å². The second kappa shape index (κ2) is 4.50. The maximum atomic E-state index is 10.9. The zero-order chi connectivity index (χ0) is 9.84. The summed E-state index contributed by atoms with van der Waals surface area (Å²) in [4.78, 5) is 21.6. The summed E-state index contributed by atoms with van der Waals surface area (Å²) in [6.07, 6.45) is 0.223. The average molecular weight is 204 g/mol. The molecule has 0 aromatic rings. The van der Waals surface area contributed by atoms with Gasteiger partial charge in [-0.15, -0.1) is 0 Å². The number of rotatable bonds is 3. The first kappa shape index (κ1) is 10.4. The van der Waals surface area contributed by atoms with Gasteiger partial charge in [-0.2, -0.15) is 11.8 Å². The number of aliphatic carboxylic acids is 1. The molecule has 1 heterocycles. The smallest absolute Gasteiger partial charge is 0.307 e. The Kier molecular flexibility index (Phi) is 3.59. The Hall–Kier alpha value is -0.710. The van der Waals surface area contributed by atoms with Crippen molar-refractivity contribution in [1.29, 1.82) is 0 Å². The van der Waals surface area contributed by atoms with Crippen LogP contribution in [0.2, 0.25) is 0 Å². The zero-order valence-electron chi connectivity index (χ0n) is 7.36. The molecule has 1 aliphatic rings. The highest BCUT2D eigenvalue weighted by atomic mass is 32.2. The summed E-state index contributed by atoms with van der Waals surface area (Å²) in [5, 5.41) is 8.80. The second-order valence-corrected chi connectivity index (χ2v) is 4.10. The molecule has 2 atom stereocenters. The second-order valence-electron chi connectivity index (χ2n) is 3.02. The van der Waals surface area contributed by atoms with Crippen molar-refractivity contribution < 1.29 is 19.4 Å². The minimum Gasteiger partial charge on any atom is -0.481 e. The molecule has 1 rings (SSSR count). The Morgan fingerprint density at radius 2 is 2.23 bits per heavy atom. The Balaban J connectivity index is 2.48. The van der Waals surface area contributed by atoms with Crippen LogP contribution in [0.4, 0.5) is 0 Å². The van der Waals surface area contributed by atoms with Gasteiger partial charge in [0, 0.05) is 12.2 Å². The first-order valence-electron chi connectivity index (χ1n) is 4.02. The Bertz CT molecular complexity index is 216. The largest absolute Gasteiger partial charge is 0.481 e. The van der Waals surface area contributed by atoms with Crippen LogP contribution in [0.5, 0.6) is 0 Å². The van der Waals surface area contributed by atoms with Gasteiger partial charge in [0.1, 0.15) is 0 Å². The summed E-state index contributed by atoms with van der Waals surface area (Å²) >= 11 is 1.58. The van der Waals surface area contributed by atoms with E-state index in [-0.39, 0.29) is 24.2 Å². The number of thioether (sulfide) groups is 1. The van der Waals surface area contributed by atoms with E-state index in [1.165, 1.54) is 7.11 Å². The van der Waals surface area contributed by atoms with E-state index in [0.29, 0.717) is 5.75 Å². The van der Waals surface area contributed by atoms with E-state index in [1.54, 1.807) is 11.8 Å². The van der Waals surface area contributed by atoms with Crippen LogP contribution in [-0.2, 0) is 14.3 Å². The lowest BCUT2D eigenvalue weighted by molar-refractivity contribution is -0.145. The summed E-state index contributed by atoms with van der Waals surface area (Å²) in [6, 6.07) is 0. The van der Waals surface area contributed by atoms with Gasteiger partial charge in [-0.1, -0.05) is 0 Å². The Morgan fingerprint density at radius 3 is 2.77 bits per heavy atom. The molecule has 5 heteroatoms. The summed E-state index contributed by atoms with van der Waals surface area (Å²) in [6.45, 7) is 0. The number of esters is 1. The fraction of sp³-hybridized carbons (Fsp3) is 0.750. The molecule has 0 amide bonds. The average Bonchev–Trinajstić information content (AvgIpc) is 2.52. The molecular weight excluding hydrogens is 192 g/mol. The summed E-state index contributed by atoms with van der Waals surface area (Å²) in [5.74, 6) is -0.222. The van der Waals surface area contributed by atoms with Gasteiger partial charge in [-0.25, -0.2) is 0 Å². The van der Waals surface area contributed by atoms with Crippen LogP contribution < -0.4 is 0 Å². The predicted octanol–water partition coefficient (Wildman–Crippen LogP) is 0.613. The van der Waals surface area contributed by atoms with Gasteiger partial charge < -0.3 is 9.84 Å². The molecule has 0 aliphatic carbocycles. The minimum absolute atomic E-state index is 0.0602. The molecule has 1 aliphatic heterocycles. The van der Waals surface area contributed by atoms with E-state index < -0.39 is 5.97 Å². The third-order valence-electron chi connectivity index (χ3n) is 2.17. The first-order valence-corrected chi connectivity index (χ1v) is 5.18. The summed E-state index contributed by atoms with van der Waals surface area (Å²) in [5.41, 5.74) is 0. The van der Waals surface area contributed by atoms with E-state index in [4.69, 9.17) is 5.11 Å². The Labute approximate surface area is 80.6 Å². The van der Waals surface area contributed by atoms with Crippen LogP contribution in [0.1, 0.15) is 6.42 Å². The van der Waals surface area contributed by atoms with Crippen LogP contribution in [0, 0.1) is 11.8 Å². The highest BCUT2D eigenvalue weighted by Crippen LogP contribution is 2.32. The minimum atomic E-state index is -0.807. The number of ether oxygens (including phenoxy) is 1. The molecule has 0 unspecified atom stereocenters. The van der Waals surface area contributed by atoms with Crippen molar-refractivity contribution in [3.63, 3.8) is 0 Å². The van der Waals surface area contributed by atoms with Crippen LogP contribution in [0.3, 0.4) is 0 Å². The van der Waals surface area contributed by atoms with Crippen LogP contribution >= 0.6 is 11.8 Å². The molecule has 0 spiro atoms. The maximum absolute atomic E-state index is 10.9. The lowest BCUT2D eigenvalue weighted by atomic mass is 9.93. The number of carbonyl (C=O) groups excluding carboxylic acids is 1. The SMILES string of the molecule is COC(=O)C[C@@H]1CSC[C@H]1C(=O)O. The van der Waals surface area contributed by atoms with E-state index >= 15 is 0 Å². The van der Waals surface area contributed by atoms with Crippen molar-refractivity contribution in [3.8, 4) is 0 Å². The molecular formula is C8H12O4S. The van der Waals surface area contributed by atoms with Gasteiger partial charge in [0.15, 0.2) is 0 Å². The van der Waals surface area contributed by atoms with Gasteiger partial charge in [0.2, 0.25) is 0 Å². The monoisotopic (exact) mass is 204 g/mol. The number of methoxy groups -OCH3 is 1. The van der Waals surface area contributed by atoms with Gasteiger partial charge in [-0.05, 0) is 11.7 Å². The number of carboxylic acid groups (broad SMARTS) is 1. The van der Waals surface area contributed by atoms with Crippen LogP contribution in [0.15, 0.2) is 0 Å². The maximum Gasteiger partial charge on any atom is 0.307 e. The van der Waals surface area contributed by atoms with Gasteiger partial charge in [0.25, 0.3) is 0 Å². The molecule has 0 saturated carbocycles. The molecule has 13 heavy (non-hydrogen) atoms. The summed E-state index contributed by atoms with van der Waals surface area (Å²) < 4.78 is 4.50. The normalized spacial score (nSPS) is 27.2. The van der Waals surface area contributed by atoms with E-state index in [2.05, 4.69) is 4.74 Å². The van der Waals surface area contributed by atoms with Gasteiger partial charge >= 0.3 is 11.9 Å². The molecule has 0 aromatic carbocycles. The molecule has 1 fully saturated rings. The van der Waals surface area contributed by atoms with Crippen molar-refractivity contribution in [2.24, 2.45) is 11.8 Å². The summed E-state index contributed by atoms with van der Waals surface area (Å²) in [7, 11) is 1.32. The lowest BCUT2D eigenvalue weighted by Crippen LogP contribution is -2.24. The van der Waals surface area contributed by atoms with Crippen LogP contribution in [0.25, 0.3) is 0 Å². The number of hydrogen-bond donors (Lipinski definition) is 1. The quantitative estimate of drug-likeness (QED) is 0.682. The number of carboxylic acids is 1. The molecule has 1 N–H and O–H groups in total. The van der Waals surface area contributed by atoms with Gasteiger partial charge in [0.05, 0.1) is 13.0 Å². The Morgan fingerprint density at radius 1 is 1.54 bits per heavy atom. The predicted molar refractivity (Wildman–Crippen MR) is 48.6 cm³/mol. The number of carbonyl (C=O) groups is 2. The third kappa shape index (κ3) is 2.62. The number of hydrogen-bond acceptors (Lipinski definition) is 4. The molecule has 0 bridgehead atoms. The standard InChI is InChI=1S/C8H12O4S/c1-12-7(9)2-5-3-13-4-6(5)8(10)11/h5-6H,2-4H2,1H3,(H,10,11)/t5-,6-/m1/s1. The van der Waals surface area contributed by atoms with Crippen molar-refractivity contribution in [2.75, 3.05) is 18.6 Å². The van der Waals surface area contributed by atoms with Crippen molar-refractivity contribution >= 4 is 23.7 Å². The fourth-order valence-corrected chi connectivity index (χ4v) is 2.83. The van der Waals surface area contributed by atoms with E-state index in [0.717, 1.165) is 5.75 Å². The van der Waals surface area contributed by atoms with Crippen LogP contribution in [-0.4, -0.2) is 35.7 Å². The fourth-order valence-electron chi connectivity index (χ4n) is 1.37. The zero-order valence-corrected chi connectivity index (χ0v) is 8.17. The van der Waals surface area contributed by atoms with E-state index in [1.807, 2.05) is 0 Å². The lowest BCUT2D eigenvalue weighted by Gasteiger charge is -2.12. The van der Waals surface area contributed by atoms with Crippen molar-refractivity contribution in [3.05, 3.63) is 0 Å². The molecule has 4 nitrogen and oxygen atoms in total. The topological polar surface area (TPSA) is 63.6 Å². The molecule has 74 valence electrons. The molecule has 0 aromatic heterocycles. The van der Waals surface area contributed by atoms with Gasteiger partial charge in [-0.3, -0.25) is 9.59 Å². The molecule has 0 radical (unpaired) electrons. The first-order chi connectivity index (χ1) is 6.15. The van der Waals surface area contributed by atoms with Crippen molar-refractivity contribution in [2.45, 2.75) is 6.42 Å².